The zero-order valence-corrected chi connectivity index (χ0v) is 15.8. The van der Waals surface area contributed by atoms with Crippen LogP contribution >= 0.6 is 0 Å². The largest absolute Gasteiger partial charge is 0.395 e. The molecule has 4 nitrogen and oxygen atoms in total. The van der Waals surface area contributed by atoms with Gasteiger partial charge in [-0.2, -0.15) is 0 Å². The number of benzene rings is 1. The summed E-state index contributed by atoms with van der Waals surface area (Å²) in [5, 5.41) is 3.47. The number of halogens is 1. The van der Waals surface area contributed by atoms with Crippen LogP contribution in [0.4, 0.5) is 15.8 Å². The Hall–Kier alpha value is -1.33. The second-order valence-corrected chi connectivity index (χ2v) is 8.05. The average Bonchev–Trinajstić information content (AvgIpc) is 2.60. The van der Waals surface area contributed by atoms with E-state index in [-0.39, 0.29) is 11.5 Å². The number of nitrogens with zero attached hydrogens (tertiary/aromatic N) is 1. The number of rotatable bonds is 4. The van der Waals surface area contributed by atoms with Crippen LogP contribution in [0, 0.1) is 12.7 Å². The molecule has 25 heavy (non-hydrogen) atoms. The van der Waals surface area contributed by atoms with Gasteiger partial charge in [-0.1, -0.05) is 0 Å². The summed E-state index contributed by atoms with van der Waals surface area (Å²) in [7, 11) is 1.82. The molecule has 0 unspecified atom stereocenters. The minimum atomic E-state index is -0.331. The molecule has 0 spiro atoms. The van der Waals surface area contributed by atoms with Gasteiger partial charge < -0.3 is 15.8 Å². The first-order valence-corrected chi connectivity index (χ1v) is 9.51. The zero-order valence-electron chi connectivity index (χ0n) is 15.8. The molecule has 1 aliphatic heterocycles. The van der Waals surface area contributed by atoms with Crippen LogP contribution in [-0.2, 0) is 4.74 Å². The van der Waals surface area contributed by atoms with E-state index in [1.54, 1.807) is 0 Å². The Morgan fingerprint density at radius 1 is 1.20 bits per heavy atom. The number of hydrogen-bond donors (Lipinski definition) is 2. The fourth-order valence-corrected chi connectivity index (χ4v) is 4.42. The Morgan fingerprint density at radius 2 is 1.84 bits per heavy atom. The minimum Gasteiger partial charge on any atom is -0.395 e. The summed E-state index contributed by atoms with van der Waals surface area (Å²) in [6.45, 7) is 6.47. The highest BCUT2D eigenvalue weighted by atomic mass is 19.1. The van der Waals surface area contributed by atoms with Crippen LogP contribution in [0.15, 0.2) is 12.1 Å². The van der Waals surface area contributed by atoms with E-state index in [0.717, 1.165) is 50.0 Å². The molecule has 3 rings (SSSR count). The van der Waals surface area contributed by atoms with Crippen molar-refractivity contribution in [2.45, 2.75) is 70.1 Å². The van der Waals surface area contributed by atoms with E-state index in [1.165, 1.54) is 18.9 Å². The molecule has 1 aromatic rings. The molecule has 1 saturated heterocycles. The number of anilines is 2. The van der Waals surface area contributed by atoms with Crippen molar-refractivity contribution in [1.82, 2.24) is 4.90 Å². The summed E-state index contributed by atoms with van der Waals surface area (Å²) in [5.41, 5.74) is 8.07. The topological polar surface area (TPSA) is 50.5 Å². The van der Waals surface area contributed by atoms with E-state index in [2.05, 4.69) is 17.1 Å². The molecule has 1 aliphatic carbocycles. The van der Waals surface area contributed by atoms with Crippen molar-refractivity contribution in [3.63, 3.8) is 0 Å². The van der Waals surface area contributed by atoms with Crippen LogP contribution in [0.1, 0.15) is 51.0 Å². The van der Waals surface area contributed by atoms with Crippen molar-refractivity contribution in [1.29, 1.82) is 0 Å². The van der Waals surface area contributed by atoms with Gasteiger partial charge in [0.1, 0.15) is 5.82 Å². The molecular weight excluding hydrogens is 317 g/mol. The number of nitrogens with two attached hydrogens (primary N) is 1. The number of nitrogens with one attached hydrogen (secondary N) is 1. The van der Waals surface area contributed by atoms with Crippen LogP contribution < -0.4 is 11.1 Å². The molecule has 0 aromatic heterocycles. The predicted molar refractivity (Wildman–Crippen MR) is 101 cm³/mol. The monoisotopic (exact) mass is 349 g/mol. The maximum atomic E-state index is 13.8. The van der Waals surface area contributed by atoms with Gasteiger partial charge in [-0.25, -0.2) is 4.39 Å². The van der Waals surface area contributed by atoms with Crippen LogP contribution in [0.5, 0.6) is 0 Å². The Morgan fingerprint density at radius 3 is 2.44 bits per heavy atom. The van der Waals surface area contributed by atoms with Gasteiger partial charge in [0.25, 0.3) is 0 Å². The molecule has 0 atom stereocenters. The smallest absolute Gasteiger partial charge is 0.148 e. The van der Waals surface area contributed by atoms with Crippen LogP contribution in [0.2, 0.25) is 0 Å². The van der Waals surface area contributed by atoms with Crippen molar-refractivity contribution in [3.8, 4) is 0 Å². The molecule has 2 fully saturated rings. The molecule has 1 heterocycles. The number of ether oxygens (including phenoxy) is 1. The number of aryl methyl sites for hydroxylation is 1. The highest BCUT2D eigenvalue weighted by Gasteiger charge is 2.37. The van der Waals surface area contributed by atoms with Crippen LogP contribution in [0.3, 0.4) is 0 Å². The van der Waals surface area contributed by atoms with Gasteiger partial charge in [-0.3, -0.25) is 4.90 Å². The normalized spacial score (nSPS) is 28.9. The molecule has 5 heteroatoms. The van der Waals surface area contributed by atoms with Gasteiger partial charge in [0.2, 0.25) is 0 Å². The van der Waals surface area contributed by atoms with Gasteiger partial charge >= 0.3 is 0 Å². The van der Waals surface area contributed by atoms with Crippen LogP contribution in [0.25, 0.3) is 0 Å². The third-order valence-corrected chi connectivity index (χ3v) is 6.24. The summed E-state index contributed by atoms with van der Waals surface area (Å²) < 4.78 is 19.3. The first kappa shape index (κ1) is 18.5. The SMILES string of the molecule is COC1CCC(C)(N2CCC(Nc3cc(C)cc(F)c3N)CC2)CC1. The second-order valence-electron chi connectivity index (χ2n) is 8.05. The maximum absolute atomic E-state index is 13.8. The van der Waals surface area contributed by atoms with Crippen molar-refractivity contribution in [3.05, 3.63) is 23.5 Å². The third-order valence-electron chi connectivity index (χ3n) is 6.24. The Labute approximate surface area is 150 Å². The highest BCUT2D eigenvalue weighted by Crippen LogP contribution is 2.36. The lowest BCUT2D eigenvalue weighted by atomic mass is 9.79. The summed E-state index contributed by atoms with van der Waals surface area (Å²) in [6, 6.07) is 3.79. The minimum absolute atomic E-state index is 0.234. The third kappa shape index (κ3) is 4.09. The van der Waals surface area contributed by atoms with E-state index in [9.17, 15) is 4.39 Å². The molecule has 0 radical (unpaired) electrons. The highest BCUT2D eigenvalue weighted by molar-refractivity contribution is 5.68. The molecule has 1 saturated carbocycles. The summed E-state index contributed by atoms with van der Waals surface area (Å²) in [5.74, 6) is -0.331. The predicted octanol–water partition coefficient (Wildman–Crippen LogP) is 3.94. The summed E-state index contributed by atoms with van der Waals surface area (Å²) in [6.07, 6.45) is 7.30. The Kier molecular flexibility index (Phi) is 5.54. The van der Waals surface area contributed by atoms with Crippen molar-refractivity contribution in [2.24, 2.45) is 0 Å². The van der Waals surface area contributed by atoms with E-state index >= 15 is 0 Å². The molecule has 0 amide bonds. The van der Waals surface area contributed by atoms with Gasteiger partial charge in [0.15, 0.2) is 0 Å². The van der Waals surface area contributed by atoms with E-state index < -0.39 is 0 Å². The summed E-state index contributed by atoms with van der Waals surface area (Å²) in [4.78, 5) is 2.65. The van der Waals surface area contributed by atoms with Gasteiger partial charge in [0, 0.05) is 31.8 Å². The van der Waals surface area contributed by atoms with Gasteiger partial charge in [-0.15, -0.1) is 0 Å². The van der Waals surface area contributed by atoms with Gasteiger partial charge in [0.05, 0.1) is 17.5 Å². The lowest BCUT2D eigenvalue weighted by Crippen LogP contribution is -2.53. The number of hydrogen-bond acceptors (Lipinski definition) is 4. The molecule has 2 aliphatic rings. The molecule has 3 N–H and O–H groups in total. The van der Waals surface area contributed by atoms with Gasteiger partial charge in [-0.05, 0) is 70.1 Å². The molecular formula is C20H32FN3O. The van der Waals surface area contributed by atoms with Crippen molar-refractivity contribution in [2.75, 3.05) is 31.2 Å². The van der Waals surface area contributed by atoms with E-state index in [0.29, 0.717) is 17.7 Å². The number of likely N-dealkylation sites (tertiary alicyclic amines) is 1. The first-order valence-electron chi connectivity index (χ1n) is 9.51. The lowest BCUT2D eigenvalue weighted by molar-refractivity contribution is -0.0105. The Balaban J connectivity index is 1.56. The standard InChI is InChI=1S/C20H32FN3O/c1-14-12-17(21)19(22)18(13-14)23-15-6-10-24(11-7-15)20(2)8-4-16(25-3)5-9-20/h12-13,15-16,23H,4-11,22H2,1-3H3. The van der Waals surface area contributed by atoms with Crippen molar-refractivity contribution >= 4 is 11.4 Å². The number of methoxy groups -OCH3 is 1. The summed E-state index contributed by atoms with van der Waals surface area (Å²) >= 11 is 0. The average molecular weight is 349 g/mol. The number of nitrogen functional groups attached to an aromatic ring is 1. The Bertz CT molecular complexity index is 591. The molecule has 0 bridgehead atoms. The number of piperidine rings is 1. The quantitative estimate of drug-likeness (QED) is 0.809. The van der Waals surface area contributed by atoms with Crippen molar-refractivity contribution < 1.29 is 9.13 Å². The molecule has 140 valence electrons. The van der Waals surface area contributed by atoms with Crippen LogP contribution in [-0.4, -0.2) is 42.8 Å². The fourth-order valence-electron chi connectivity index (χ4n) is 4.42. The molecule has 1 aromatic carbocycles. The lowest BCUT2D eigenvalue weighted by Gasteiger charge is -2.48. The van der Waals surface area contributed by atoms with E-state index in [1.807, 2.05) is 20.1 Å². The zero-order chi connectivity index (χ0) is 18.0. The maximum Gasteiger partial charge on any atom is 0.148 e. The first-order chi connectivity index (χ1) is 11.9. The van der Waals surface area contributed by atoms with E-state index in [4.69, 9.17) is 10.5 Å². The fraction of sp³-hybridized carbons (Fsp3) is 0.700. The second kappa shape index (κ2) is 7.50.